The molecule has 0 amide bonds. The van der Waals surface area contributed by atoms with Crippen LogP contribution in [-0.4, -0.2) is 32.8 Å². The lowest BCUT2D eigenvalue weighted by atomic mass is 10.2. The minimum absolute atomic E-state index is 0.0861. The Bertz CT molecular complexity index is 589. The van der Waals surface area contributed by atoms with Crippen molar-refractivity contribution in [2.24, 2.45) is 0 Å². The highest BCUT2D eigenvalue weighted by Gasteiger charge is 2.16. The molecule has 0 radical (unpaired) electrons. The van der Waals surface area contributed by atoms with Crippen molar-refractivity contribution < 1.29 is 22.8 Å². The third kappa shape index (κ3) is 6.63. The lowest BCUT2D eigenvalue weighted by Gasteiger charge is -2.07. The van der Waals surface area contributed by atoms with Gasteiger partial charge >= 0.3 is 5.69 Å². The molecule has 7 nitrogen and oxygen atoms in total. The smallest absolute Gasteiger partial charge is 0.314 e. The number of halogens is 1. The summed E-state index contributed by atoms with van der Waals surface area (Å²) in [6.07, 6.45) is 1.62. The van der Waals surface area contributed by atoms with Crippen LogP contribution in [0.1, 0.15) is 19.3 Å². The second-order valence-electron chi connectivity index (χ2n) is 4.24. The predicted octanol–water partition coefficient (Wildman–Crippen LogP) is 2.72. The molecule has 0 atom stereocenters. The van der Waals surface area contributed by atoms with Gasteiger partial charge in [0.1, 0.15) is 5.75 Å². The maximum Gasteiger partial charge on any atom is 0.314 e. The zero-order chi connectivity index (χ0) is 15.9. The molecule has 1 rings (SSSR count). The van der Waals surface area contributed by atoms with Crippen LogP contribution in [0.2, 0.25) is 0 Å². The third-order valence-electron chi connectivity index (χ3n) is 2.65. The maximum absolute atomic E-state index is 10.9. The minimum atomic E-state index is -3.46. The summed E-state index contributed by atoms with van der Waals surface area (Å²) in [5, 5.41) is 10.9. The van der Waals surface area contributed by atoms with E-state index in [0.29, 0.717) is 25.0 Å². The quantitative estimate of drug-likeness (QED) is 0.297. The number of nitro groups is 1. The molecule has 0 aliphatic rings. The van der Waals surface area contributed by atoms with Crippen LogP contribution >= 0.6 is 10.7 Å². The Kier molecular flexibility index (Phi) is 6.70. The fourth-order valence-electron chi connectivity index (χ4n) is 1.62. The number of nitrogens with zero attached hydrogens (tertiary/aromatic N) is 1. The Morgan fingerprint density at radius 3 is 2.57 bits per heavy atom. The van der Waals surface area contributed by atoms with Crippen LogP contribution in [0, 0.1) is 10.1 Å². The summed E-state index contributed by atoms with van der Waals surface area (Å²) < 4.78 is 31.7. The van der Waals surface area contributed by atoms with Gasteiger partial charge in [-0.25, -0.2) is 8.42 Å². The lowest BCUT2D eigenvalue weighted by Crippen LogP contribution is -2.02. The number of rotatable bonds is 9. The molecule has 0 saturated heterocycles. The van der Waals surface area contributed by atoms with Gasteiger partial charge in [-0.2, -0.15) is 0 Å². The van der Waals surface area contributed by atoms with E-state index in [2.05, 4.69) is 0 Å². The number of benzene rings is 1. The molecule has 9 heteroatoms. The zero-order valence-corrected chi connectivity index (χ0v) is 13.0. The molecule has 0 bridgehead atoms. The highest BCUT2D eigenvalue weighted by molar-refractivity contribution is 8.13. The summed E-state index contributed by atoms with van der Waals surface area (Å²) in [7, 11) is 3.04. The third-order valence-corrected chi connectivity index (χ3v) is 3.89. The normalized spacial score (nSPS) is 11.1. The fraction of sp³-hybridized carbons (Fsp3) is 0.500. The maximum atomic E-state index is 10.9. The predicted molar refractivity (Wildman–Crippen MR) is 78.6 cm³/mol. The van der Waals surface area contributed by atoms with Crippen molar-refractivity contribution in [1.82, 2.24) is 0 Å². The second kappa shape index (κ2) is 8.04. The molecule has 0 heterocycles. The van der Waals surface area contributed by atoms with E-state index < -0.39 is 14.0 Å². The fourth-order valence-corrected chi connectivity index (χ4v) is 2.50. The lowest BCUT2D eigenvalue weighted by molar-refractivity contribution is -0.385. The van der Waals surface area contributed by atoms with Crippen molar-refractivity contribution >= 4 is 25.4 Å². The summed E-state index contributed by atoms with van der Waals surface area (Å²) >= 11 is 0. The van der Waals surface area contributed by atoms with Crippen LogP contribution in [0.25, 0.3) is 0 Å². The summed E-state index contributed by atoms with van der Waals surface area (Å²) in [5.41, 5.74) is -0.169. The Hall–Kier alpha value is -1.54. The van der Waals surface area contributed by atoms with Crippen molar-refractivity contribution in [2.75, 3.05) is 19.5 Å². The average Bonchev–Trinajstić information content (AvgIpc) is 2.41. The van der Waals surface area contributed by atoms with Crippen molar-refractivity contribution in [3.8, 4) is 11.5 Å². The zero-order valence-electron chi connectivity index (χ0n) is 11.5. The van der Waals surface area contributed by atoms with Gasteiger partial charge in [-0.15, -0.1) is 0 Å². The molecule has 1 aromatic carbocycles. The molecule has 118 valence electrons. The topological polar surface area (TPSA) is 95.7 Å². The molecule has 0 saturated carbocycles. The van der Waals surface area contributed by atoms with Gasteiger partial charge < -0.3 is 9.47 Å². The number of methoxy groups -OCH3 is 1. The van der Waals surface area contributed by atoms with Crippen molar-refractivity contribution in [1.29, 1.82) is 0 Å². The highest BCUT2D eigenvalue weighted by Crippen LogP contribution is 2.31. The van der Waals surface area contributed by atoms with Crippen molar-refractivity contribution in [3.63, 3.8) is 0 Å². The molecule has 0 aliphatic carbocycles. The number of ether oxygens (including phenoxy) is 2. The first-order valence-corrected chi connectivity index (χ1v) is 8.69. The Balaban J connectivity index is 2.46. The van der Waals surface area contributed by atoms with Crippen LogP contribution in [0.3, 0.4) is 0 Å². The van der Waals surface area contributed by atoms with Gasteiger partial charge in [0.05, 0.1) is 30.5 Å². The standard InChI is InChI=1S/C12H16ClNO6S/c1-19-10-5-6-12(11(9-10)14(15)16)20-7-3-2-4-8-21(13,17)18/h5-6,9H,2-4,7-8H2,1H3. The highest BCUT2D eigenvalue weighted by atomic mass is 35.7. The number of hydrogen-bond donors (Lipinski definition) is 0. The van der Waals surface area contributed by atoms with Crippen LogP contribution < -0.4 is 9.47 Å². The Labute approximate surface area is 127 Å². The number of unbranched alkanes of at least 4 members (excludes halogenated alkanes) is 2. The Morgan fingerprint density at radius 1 is 1.29 bits per heavy atom. The van der Waals surface area contributed by atoms with Crippen LogP contribution in [0.15, 0.2) is 18.2 Å². The number of nitro benzene ring substituents is 1. The Morgan fingerprint density at radius 2 is 2.00 bits per heavy atom. The molecular formula is C12H16ClNO6S. The molecule has 0 aliphatic heterocycles. The van der Waals surface area contributed by atoms with E-state index in [9.17, 15) is 18.5 Å². The second-order valence-corrected chi connectivity index (χ2v) is 7.14. The molecule has 0 aromatic heterocycles. The van der Waals surface area contributed by atoms with E-state index in [-0.39, 0.29) is 23.8 Å². The molecule has 21 heavy (non-hydrogen) atoms. The SMILES string of the molecule is COc1ccc(OCCCCCS(=O)(=O)Cl)c([N+](=O)[O-])c1. The van der Waals surface area contributed by atoms with Crippen molar-refractivity contribution in [3.05, 3.63) is 28.3 Å². The van der Waals surface area contributed by atoms with Crippen LogP contribution in [0.5, 0.6) is 11.5 Å². The molecule has 0 spiro atoms. The minimum Gasteiger partial charge on any atom is -0.496 e. The van der Waals surface area contributed by atoms with E-state index in [4.69, 9.17) is 20.2 Å². The summed E-state index contributed by atoms with van der Waals surface area (Å²) in [5.74, 6) is 0.448. The molecule has 0 fully saturated rings. The van der Waals surface area contributed by atoms with E-state index in [1.807, 2.05) is 0 Å². The molecule has 1 aromatic rings. The monoisotopic (exact) mass is 337 g/mol. The molecule has 0 N–H and O–H groups in total. The van der Waals surface area contributed by atoms with Gasteiger partial charge in [0.2, 0.25) is 9.05 Å². The van der Waals surface area contributed by atoms with E-state index in [0.717, 1.165) is 0 Å². The average molecular weight is 338 g/mol. The summed E-state index contributed by atoms with van der Waals surface area (Å²) in [6, 6.07) is 4.33. The van der Waals surface area contributed by atoms with E-state index >= 15 is 0 Å². The number of hydrogen-bond acceptors (Lipinski definition) is 6. The first kappa shape index (κ1) is 17.5. The van der Waals surface area contributed by atoms with Gasteiger partial charge in [-0.3, -0.25) is 10.1 Å². The van der Waals surface area contributed by atoms with Gasteiger partial charge in [0.15, 0.2) is 5.75 Å². The van der Waals surface area contributed by atoms with Gasteiger partial charge in [0.25, 0.3) is 0 Å². The van der Waals surface area contributed by atoms with E-state index in [1.54, 1.807) is 6.07 Å². The van der Waals surface area contributed by atoms with Crippen LogP contribution in [-0.2, 0) is 9.05 Å². The summed E-state index contributed by atoms with van der Waals surface area (Å²) in [4.78, 5) is 10.4. The largest absolute Gasteiger partial charge is 0.496 e. The van der Waals surface area contributed by atoms with E-state index in [1.165, 1.54) is 19.2 Å². The van der Waals surface area contributed by atoms with Gasteiger partial charge in [0, 0.05) is 10.7 Å². The van der Waals surface area contributed by atoms with Gasteiger partial charge in [-0.05, 0) is 31.4 Å². The first-order chi connectivity index (χ1) is 9.83. The molecule has 0 unspecified atom stereocenters. The van der Waals surface area contributed by atoms with Crippen molar-refractivity contribution in [2.45, 2.75) is 19.3 Å². The summed E-state index contributed by atoms with van der Waals surface area (Å²) in [6.45, 7) is 0.259. The molecular weight excluding hydrogens is 322 g/mol. The van der Waals surface area contributed by atoms with Crippen LogP contribution in [0.4, 0.5) is 5.69 Å². The first-order valence-electron chi connectivity index (χ1n) is 6.21. The van der Waals surface area contributed by atoms with Gasteiger partial charge in [-0.1, -0.05) is 0 Å².